The summed E-state index contributed by atoms with van der Waals surface area (Å²) >= 11 is 0. The van der Waals surface area contributed by atoms with Crippen molar-refractivity contribution >= 4 is 17.4 Å². The Hall–Kier alpha value is -3.20. The average Bonchev–Trinajstić information content (AvgIpc) is 2.88. The molecule has 4 rings (SSSR count). The van der Waals surface area contributed by atoms with E-state index in [1.54, 1.807) is 11.0 Å². The Labute approximate surface area is 146 Å². The van der Waals surface area contributed by atoms with Crippen molar-refractivity contribution in [2.75, 3.05) is 4.90 Å². The van der Waals surface area contributed by atoms with Crippen molar-refractivity contribution in [1.82, 2.24) is 0 Å². The Bertz CT molecular complexity index is 959. The number of aryl methyl sites for hydroxylation is 1. The van der Waals surface area contributed by atoms with Crippen molar-refractivity contribution < 1.29 is 9.59 Å². The molecule has 0 aromatic heterocycles. The van der Waals surface area contributed by atoms with Crippen molar-refractivity contribution in [3.05, 3.63) is 89.5 Å². The highest BCUT2D eigenvalue weighted by molar-refractivity contribution is 6.52. The molecule has 0 fully saturated rings. The Morgan fingerprint density at radius 1 is 0.800 bits per heavy atom. The smallest absolute Gasteiger partial charge is 0.299 e. The molecule has 3 aromatic rings. The first-order valence-electron chi connectivity index (χ1n) is 8.25. The van der Waals surface area contributed by atoms with Crippen LogP contribution in [-0.4, -0.2) is 11.7 Å². The van der Waals surface area contributed by atoms with Gasteiger partial charge in [-0.15, -0.1) is 0 Å². The third kappa shape index (κ3) is 2.74. The van der Waals surface area contributed by atoms with Crippen LogP contribution in [0, 0.1) is 6.92 Å². The number of rotatable bonds is 3. The zero-order valence-corrected chi connectivity index (χ0v) is 13.9. The van der Waals surface area contributed by atoms with Crippen LogP contribution >= 0.6 is 0 Å². The van der Waals surface area contributed by atoms with Gasteiger partial charge >= 0.3 is 0 Å². The van der Waals surface area contributed by atoms with Crippen molar-refractivity contribution in [2.24, 2.45) is 0 Å². The standard InChI is InChI=1S/C22H17NO2/c1-15-7-12-20-19(13-15)21(24)22(25)23(20)14-16-8-10-18(11-9-16)17-5-3-2-4-6-17/h2-13H,14H2,1H3. The zero-order valence-electron chi connectivity index (χ0n) is 13.9. The minimum atomic E-state index is -0.451. The van der Waals surface area contributed by atoms with E-state index in [0.717, 1.165) is 22.3 Å². The number of ketones is 1. The summed E-state index contributed by atoms with van der Waals surface area (Å²) in [5.74, 6) is -0.868. The second-order valence-corrected chi connectivity index (χ2v) is 6.30. The fraction of sp³-hybridized carbons (Fsp3) is 0.0909. The number of anilines is 1. The van der Waals surface area contributed by atoms with Crippen LogP contribution in [0.2, 0.25) is 0 Å². The number of carbonyl (C=O) groups excluding carboxylic acids is 2. The molecule has 1 heterocycles. The maximum Gasteiger partial charge on any atom is 0.299 e. The molecule has 1 amide bonds. The van der Waals surface area contributed by atoms with Gasteiger partial charge < -0.3 is 4.90 Å². The highest BCUT2D eigenvalue weighted by atomic mass is 16.2. The first-order chi connectivity index (χ1) is 12.1. The molecule has 3 aromatic carbocycles. The molecular weight excluding hydrogens is 310 g/mol. The number of fused-ring (bicyclic) bond motifs is 1. The van der Waals surface area contributed by atoms with Crippen LogP contribution in [0.3, 0.4) is 0 Å². The molecule has 1 aliphatic heterocycles. The van der Waals surface area contributed by atoms with Crippen molar-refractivity contribution in [2.45, 2.75) is 13.5 Å². The number of amides is 1. The van der Waals surface area contributed by atoms with E-state index in [-0.39, 0.29) is 0 Å². The Balaban J connectivity index is 1.61. The minimum Gasteiger partial charge on any atom is -0.300 e. The van der Waals surface area contributed by atoms with E-state index in [1.807, 2.05) is 61.5 Å². The van der Waals surface area contributed by atoms with Crippen LogP contribution in [0.25, 0.3) is 11.1 Å². The number of hydrogen-bond donors (Lipinski definition) is 0. The fourth-order valence-corrected chi connectivity index (χ4v) is 3.19. The maximum atomic E-state index is 12.3. The third-order valence-corrected chi connectivity index (χ3v) is 4.53. The SMILES string of the molecule is Cc1ccc2c(c1)C(=O)C(=O)N2Cc1ccc(-c2ccccc2)cc1. The molecule has 0 saturated carbocycles. The number of Topliss-reactive ketones (excluding diaryl/α,β-unsaturated/α-hetero) is 1. The molecule has 0 spiro atoms. The molecule has 3 nitrogen and oxygen atoms in total. The highest BCUT2D eigenvalue weighted by Crippen LogP contribution is 2.31. The summed E-state index contributed by atoms with van der Waals surface area (Å²) in [6, 6.07) is 23.8. The number of hydrogen-bond acceptors (Lipinski definition) is 2. The first-order valence-corrected chi connectivity index (χ1v) is 8.25. The largest absolute Gasteiger partial charge is 0.300 e. The van der Waals surface area contributed by atoms with Crippen LogP contribution in [0.1, 0.15) is 21.5 Å². The summed E-state index contributed by atoms with van der Waals surface area (Å²) in [6.45, 7) is 2.32. The van der Waals surface area contributed by atoms with E-state index >= 15 is 0 Å². The van der Waals surface area contributed by atoms with Crippen molar-refractivity contribution in [3.63, 3.8) is 0 Å². The quantitative estimate of drug-likeness (QED) is 0.669. The molecule has 1 aliphatic rings. The van der Waals surface area contributed by atoms with E-state index in [9.17, 15) is 9.59 Å². The van der Waals surface area contributed by atoms with Crippen LogP contribution in [-0.2, 0) is 11.3 Å². The van der Waals surface area contributed by atoms with Gasteiger partial charge in [0.25, 0.3) is 11.7 Å². The van der Waals surface area contributed by atoms with Gasteiger partial charge in [0, 0.05) is 0 Å². The molecule has 0 unspecified atom stereocenters. The van der Waals surface area contributed by atoms with Crippen molar-refractivity contribution in [3.8, 4) is 11.1 Å². The van der Waals surface area contributed by atoms with Crippen LogP contribution < -0.4 is 4.90 Å². The molecule has 0 aliphatic carbocycles. The van der Waals surface area contributed by atoms with Crippen LogP contribution in [0.15, 0.2) is 72.8 Å². The molecule has 3 heteroatoms. The van der Waals surface area contributed by atoms with Gasteiger partial charge in [0.2, 0.25) is 0 Å². The van der Waals surface area contributed by atoms with Crippen LogP contribution in [0.4, 0.5) is 5.69 Å². The average molecular weight is 327 g/mol. The molecule has 0 N–H and O–H groups in total. The van der Waals surface area contributed by atoms with E-state index in [4.69, 9.17) is 0 Å². The van der Waals surface area contributed by atoms with Gasteiger partial charge in [0.15, 0.2) is 0 Å². The van der Waals surface area contributed by atoms with Gasteiger partial charge in [-0.2, -0.15) is 0 Å². The topological polar surface area (TPSA) is 37.4 Å². The lowest BCUT2D eigenvalue weighted by molar-refractivity contribution is -0.114. The molecule has 0 bridgehead atoms. The van der Waals surface area contributed by atoms with Gasteiger partial charge in [0.05, 0.1) is 17.8 Å². The predicted molar refractivity (Wildman–Crippen MR) is 98.6 cm³/mol. The fourth-order valence-electron chi connectivity index (χ4n) is 3.19. The summed E-state index contributed by atoms with van der Waals surface area (Å²) in [6.07, 6.45) is 0. The summed E-state index contributed by atoms with van der Waals surface area (Å²) in [5, 5.41) is 0. The molecule has 25 heavy (non-hydrogen) atoms. The first kappa shape index (κ1) is 15.3. The van der Waals surface area contributed by atoms with Crippen molar-refractivity contribution in [1.29, 1.82) is 0 Å². The monoisotopic (exact) mass is 327 g/mol. The molecule has 0 atom stereocenters. The molecule has 0 radical (unpaired) electrons. The Kier molecular flexibility index (Phi) is 3.69. The summed E-state index contributed by atoms with van der Waals surface area (Å²) in [7, 11) is 0. The lowest BCUT2D eigenvalue weighted by atomic mass is 10.0. The Morgan fingerprint density at radius 2 is 1.48 bits per heavy atom. The molecule has 122 valence electrons. The van der Waals surface area contributed by atoms with Gasteiger partial charge in [-0.05, 0) is 35.7 Å². The maximum absolute atomic E-state index is 12.3. The van der Waals surface area contributed by atoms with E-state index in [2.05, 4.69) is 12.1 Å². The van der Waals surface area contributed by atoms with Gasteiger partial charge in [-0.1, -0.05) is 66.2 Å². The minimum absolute atomic E-state index is 0.399. The number of benzene rings is 3. The summed E-state index contributed by atoms with van der Waals surface area (Å²) in [5.41, 5.74) is 5.47. The number of nitrogens with zero attached hydrogens (tertiary/aromatic N) is 1. The molecular formula is C22H17NO2. The van der Waals surface area contributed by atoms with E-state index in [0.29, 0.717) is 17.8 Å². The highest BCUT2D eigenvalue weighted by Gasteiger charge is 2.35. The van der Waals surface area contributed by atoms with Gasteiger partial charge in [-0.25, -0.2) is 0 Å². The Morgan fingerprint density at radius 3 is 2.20 bits per heavy atom. The van der Waals surface area contributed by atoms with Gasteiger partial charge in [-0.3, -0.25) is 9.59 Å². The summed E-state index contributed by atoms with van der Waals surface area (Å²) in [4.78, 5) is 26.1. The number of carbonyl (C=O) groups is 2. The predicted octanol–water partition coefficient (Wildman–Crippen LogP) is 4.39. The third-order valence-electron chi connectivity index (χ3n) is 4.53. The van der Waals surface area contributed by atoms with E-state index < -0.39 is 11.7 Å². The zero-order chi connectivity index (χ0) is 17.4. The van der Waals surface area contributed by atoms with Crippen LogP contribution in [0.5, 0.6) is 0 Å². The second-order valence-electron chi connectivity index (χ2n) is 6.30. The molecule has 0 saturated heterocycles. The second kappa shape index (κ2) is 6.02. The summed E-state index contributed by atoms with van der Waals surface area (Å²) < 4.78 is 0. The lowest BCUT2D eigenvalue weighted by Crippen LogP contribution is -2.29. The van der Waals surface area contributed by atoms with E-state index in [1.165, 1.54) is 0 Å². The lowest BCUT2D eigenvalue weighted by Gasteiger charge is -2.17. The normalized spacial score (nSPS) is 13.2. The van der Waals surface area contributed by atoms with Gasteiger partial charge in [0.1, 0.15) is 0 Å².